The van der Waals surface area contributed by atoms with Gasteiger partial charge in [0.1, 0.15) is 6.54 Å². The standard InChI is InChI=1S/C18H17N5O2/c1-12-7-16(24)23(11-20-12)10-17(25)22-6-4-15-14(9-22)8-13-3-2-5-19-18(13)21-15/h2-3,5,7-8,11H,4,6,9-10H2,1H3. The number of fused-ring (bicyclic) bond motifs is 2. The average Bonchev–Trinajstić information content (AvgIpc) is 2.61. The van der Waals surface area contributed by atoms with Crippen molar-refractivity contribution >= 4 is 16.9 Å². The predicted octanol–water partition coefficient (Wildman–Crippen LogP) is 1.08. The van der Waals surface area contributed by atoms with Crippen LogP contribution in [0.15, 0.2) is 41.6 Å². The first-order valence-corrected chi connectivity index (χ1v) is 8.14. The topological polar surface area (TPSA) is 81.0 Å². The van der Waals surface area contributed by atoms with Crippen molar-refractivity contribution in [2.24, 2.45) is 0 Å². The second-order valence-corrected chi connectivity index (χ2v) is 6.21. The molecule has 4 heterocycles. The van der Waals surface area contributed by atoms with E-state index in [0.717, 1.165) is 22.3 Å². The Hall–Kier alpha value is -3.09. The van der Waals surface area contributed by atoms with Crippen LogP contribution in [0.2, 0.25) is 0 Å². The lowest BCUT2D eigenvalue weighted by molar-refractivity contribution is -0.132. The van der Waals surface area contributed by atoms with Gasteiger partial charge in [0.2, 0.25) is 5.91 Å². The summed E-state index contributed by atoms with van der Waals surface area (Å²) in [7, 11) is 0. The van der Waals surface area contributed by atoms with E-state index in [4.69, 9.17) is 0 Å². The third-order valence-corrected chi connectivity index (χ3v) is 4.41. The SMILES string of the molecule is Cc1cc(=O)n(CC(=O)N2CCc3nc4ncccc4cc3C2)cn1. The minimum absolute atomic E-state index is 0.00398. The highest BCUT2D eigenvalue weighted by atomic mass is 16.2. The van der Waals surface area contributed by atoms with E-state index in [9.17, 15) is 9.59 Å². The normalized spacial score (nSPS) is 13.7. The van der Waals surface area contributed by atoms with Gasteiger partial charge in [0, 0.05) is 48.5 Å². The molecule has 25 heavy (non-hydrogen) atoms. The fourth-order valence-electron chi connectivity index (χ4n) is 3.06. The second kappa shape index (κ2) is 6.08. The molecular weight excluding hydrogens is 318 g/mol. The monoisotopic (exact) mass is 335 g/mol. The molecule has 3 aromatic rings. The van der Waals surface area contributed by atoms with Gasteiger partial charge in [0.25, 0.3) is 5.56 Å². The van der Waals surface area contributed by atoms with E-state index in [0.29, 0.717) is 25.2 Å². The first kappa shape index (κ1) is 15.4. The summed E-state index contributed by atoms with van der Waals surface area (Å²) in [4.78, 5) is 39.3. The molecular formula is C18H17N5O2. The van der Waals surface area contributed by atoms with E-state index in [2.05, 4.69) is 15.0 Å². The Labute approximate surface area is 144 Å². The first-order chi connectivity index (χ1) is 12.1. The molecule has 0 aliphatic carbocycles. The molecule has 0 fully saturated rings. The highest BCUT2D eigenvalue weighted by Gasteiger charge is 2.22. The van der Waals surface area contributed by atoms with Gasteiger partial charge in [-0.2, -0.15) is 0 Å². The molecule has 126 valence electrons. The van der Waals surface area contributed by atoms with Crippen molar-refractivity contribution in [2.45, 2.75) is 26.4 Å². The summed E-state index contributed by atoms with van der Waals surface area (Å²) in [5.74, 6) is -0.0929. The number of amides is 1. The first-order valence-electron chi connectivity index (χ1n) is 8.14. The van der Waals surface area contributed by atoms with Crippen LogP contribution in [0.5, 0.6) is 0 Å². The van der Waals surface area contributed by atoms with Crippen molar-refractivity contribution in [3.8, 4) is 0 Å². The van der Waals surface area contributed by atoms with Gasteiger partial charge in [-0.15, -0.1) is 0 Å². The average molecular weight is 335 g/mol. The van der Waals surface area contributed by atoms with Crippen molar-refractivity contribution in [1.29, 1.82) is 0 Å². The Morgan fingerprint density at radius 3 is 3.00 bits per heavy atom. The molecule has 0 unspecified atom stereocenters. The predicted molar refractivity (Wildman–Crippen MR) is 91.9 cm³/mol. The summed E-state index contributed by atoms with van der Waals surface area (Å²) >= 11 is 0. The highest BCUT2D eigenvalue weighted by molar-refractivity contribution is 5.78. The second-order valence-electron chi connectivity index (χ2n) is 6.21. The van der Waals surface area contributed by atoms with Crippen LogP contribution in [0.3, 0.4) is 0 Å². The fourth-order valence-corrected chi connectivity index (χ4v) is 3.06. The largest absolute Gasteiger partial charge is 0.336 e. The van der Waals surface area contributed by atoms with Gasteiger partial charge in [-0.3, -0.25) is 14.2 Å². The molecule has 0 atom stereocenters. The number of carbonyl (C=O) groups excluding carboxylic acids is 1. The highest BCUT2D eigenvalue weighted by Crippen LogP contribution is 2.21. The molecule has 4 rings (SSSR count). The van der Waals surface area contributed by atoms with Crippen molar-refractivity contribution in [1.82, 2.24) is 24.4 Å². The molecule has 0 spiro atoms. The summed E-state index contributed by atoms with van der Waals surface area (Å²) < 4.78 is 1.34. The summed E-state index contributed by atoms with van der Waals surface area (Å²) in [6.07, 6.45) is 3.84. The Bertz CT molecular complexity index is 1030. The minimum atomic E-state index is -0.211. The van der Waals surface area contributed by atoms with Gasteiger partial charge >= 0.3 is 0 Å². The third-order valence-electron chi connectivity index (χ3n) is 4.41. The van der Waals surface area contributed by atoms with Gasteiger partial charge < -0.3 is 4.90 Å². The zero-order valence-electron chi connectivity index (χ0n) is 13.8. The maximum absolute atomic E-state index is 12.6. The summed E-state index contributed by atoms with van der Waals surface area (Å²) in [5, 5.41) is 0.967. The van der Waals surface area contributed by atoms with E-state index in [1.54, 1.807) is 18.0 Å². The van der Waals surface area contributed by atoms with Crippen LogP contribution in [0.4, 0.5) is 0 Å². The summed E-state index contributed by atoms with van der Waals surface area (Å²) in [6.45, 7) is 2.84. The van der Waals surface area contributed by atoms with Crippen LogP contribution in [0, 0.1) is 6.92 Å². The van der Waals surface area contributed by atoms with Gasteiger partial charge in [-0.1, -0.05) is 0 Å². The van der Waals surface area contributed by atoms with Crippen LogP contribution in [0.1, 0.15) is 17.0 Å². The summed E-state index contributed by atoms with van der Waals surface area (Å²) in [6, 6.07) is 7.32. The lowest BCUT2D eigenvalue weighted by Crippen LogP contribution is -2.40. The van der Waals surface area contributed by atoms with Gasteiger partial charge in [0.15, 0.2) is 5.65 Å². The van der Waals surface area contributed by atoms with Crippen LogP contribution >= 0.6 is 0 Å². The van der Waals surface area contributed by atoms with Crippen LogP contribution in [-0.2, 0) is 24.3 Å². The smallest absolute Gasteiger partial charge is 0.253 e. The van der Waals surface area contributed by atoms with Gasteiger partial charge in [-0.25, -0.2) is 15.0 Å². The van der Waals surface area contributed by atoms with E-state index >= 15 is 0 Å². The number of rotatable bonds is 2. The number of aryl methyl sites for hydroxylation is 1. The fraction of sp³-hybridized carbons (Fsp3) is 0.278. The van der Waals surface area contributed by atoms with Crippen LogP contribution < -0.4 is 5.56 Å². The van der Waals surface area contributed by atoms with E-state index in [1.807, 2.05) is 18.2 Å². The molecule has 7 heteroatoms. The van der Waals surface area contributed by atoms with Crippen molar-refractivity contribution in [2.75, 3.05) is 6.54 Å². The van der Waals surface area contributed by atoms with Crippen molar-refractivity contribution < 1.29 is 4.79 Å². The van der Waals surface area contributed by atoms with E-state index < -0.39 is 0 Å². The molecule has 0 N–H and O–H groups in total. The maximum atomic E-state index is 12.6. The lowest BCUT2D eigenvalue weighted by atomic mass is 10.0. The number of pyridine rings is 2. The molecule has 0 radical (unpaired) electrons. The Morgan fingerprint density at radius 2 is 2.16 bits per heavy atom. The third kappa shape index (κ3) is 3.00. The number of carbonyl (C=O) groups is 1. The zero-order chi connectivity index (χ0) is 17.4. The molecule has 0 bridgehead atoms. The van der Waals surface area contributed by atoms with Crippen LogP contribution in [0.25, 0.3) is 11.0 Å². The number of nitrogens with zero attached hydrogens (tertiary/aromatic N) is 5. The van der Waals surface area contributed by atoms with Crippen molar-refractivity contribution in [3.63, 3.8) is 0 Å². The Kier molecular flexibility index (Phi) is 3.76. The van der Waals surface area contributed by atoms with Crippen molar-refractivity contribution in [3.05, 3.63) is 64.1 Å². The molecule has 0 aromatic carbocycles. The number of hydrogen-bond donors (Lipinski definition) is 0. The minimum Gasteiger partial charge on any atom is -0.336 e. The molecule has 7 nitrogen and oxygen atoms in total. The molecule has 1 aliphatic rings. The van der Waals surface area contributed by atoms with Gasteiger partial charge in [0.05, 0.1) is 6.33 Å². The van der Waals surface area contributed by atoms with Gasteiger partial charge in [-0.05, 0) is 30.7 Å². The molecule has 1 aliphatic heterocycles. The molecule has 0 saturated carbocycles. The quantitative estimate of drug-likeness (QED) is 0.700. The molecule has 1 amide bonds. The maximum Gasteiger partial charge on any atom is 0.253 e. The zero-order valence-corrected chi connectivity index (χ0v) is 13.8. The van der Waals surface area contributed by atoms with Crippen LogP contribution in [-0.4, -0.2) is 36.9 Å². The Morgan fingerprint density at radius 1 is 1.28 bits per heavy atom. The number of aromatic nitrogens is 4. The Balaban J connectivity index is 1.56. The molecule has 3 aromatic heterocycles. The van der Waals surface area contributed by atoms with E-state index in [-0.39, 0.29) is 18.0 Å². The lowest BCUT2D eigenvalue weighted by Gasteiger charge is -2.28. The van der Waals surface area contributed by atoms with E-state index in [1.165, 1.54) is 17.0 Å². The summed E-state index contributed by atoms with van der Waals surface area (Å²) in [5.41, 5.74) is 3.20. The number of hydrogen-bond acceptors (Lipinski definition) is 5. The molecule has 0 saturated heterocycles.